The van der Waals surface area contributed by atoms with Gasteiger partial charge in [0, 0.05) is 32.7 Å². The van der Waals surface area contributed by atoms with Crippen molar-refractivity contribution in [1.82, 2.24) is 9.80 Å². The molecule has 3 rings (SSSR count). The Morgan fingerprint density at radius 3 is 2.41 bits per heavy atom. The van der Waals surface area contributed by atoms with Crippen molar-refractivity contribution >= 4 is 10.4 Å². The van der Waals surface area contributed by atoms with Gasteiger partial charge in [-0.3, -0.25) is 0 Å². The van der Waals surface area contributed by atoms with Gasteiger partial charge in [0.25, 0.3) is 0 Å². The summed E-state index contributed by atoms with van der Waals surface area (Å²) in [6.45, 7) is 7.08. The molecule has 2 fully saturated rings. The Balaban J connectivity index is 0.000000293. The van der Waals surface area contributed by atoms with Crippen LogP contribution in [0.15, 0.2) is 48.6 Å². The van der Waals surface area contributed by atoms with E-state index in [1.54, 1.807) is 11.0 Å². The van der Waals surface area contributed by atoms with Gasteiger partial charge in [0.1, 0.15) is 0 Å². The summed E-state index contributed by atoms with van der Waals surface area (Å²) >= 11 is 1.44. The molecular weight excluding hydrogens is 521 g/mol. The predicted octanol–water partition coefficient (Wildman–Crippen LogP) is 1.52. The van der Waals surface area contributed by atoms with E-state index >= 15 is 0 Å². The topological polar surface area (TPSA) is 23.6 Å². The molecule has 2 atom stereocenters. The Bertz CT molecular complexity index is 494. The van der Waals surface area contributed by atoms with Crippen LogP contribution in [-0.2, 0) is 56.9 Å². The molecule has 0 unspecified atom stereocenters. The van der Waals surface area contributed by atoms with Gasteiger partial charge in [-0.2, -0.15) is 36.4 Å². The summed E-state index contributed by atoms with van der Waals surface area (Å²) in [4.78, 5) is 14.8. The van der Waals surface area contributed by atoms with Crippen molar-refractivity contribution in [2.24, 2.45) is 0 Å². The van der Waals surface area contributed by atoms with Crippen LogP contribution in [0.4, 0.5) is 0 Å². The quantitative estimate of drug-likeness (QED) is 0.429. The van der Waals surface area contributed by atoms with Crippen molar-refractivity contribution in [1.29, 1.82) is 0 Å². The van der Waals surface area contributed by atoms with E-state index in [2.05, 4.69) is 11.0 Å². The standard InChI is InChI=1S/C11H12N2O.C6H5.W.Y/c1-2-3-4-5-12-7-11-6-10(12)8-13(11)9-14;1-2-4-6-5-3-1;;/h1-4,10-11H,6-8H2;1-5H;;/q-2;-1;;/b4-3-;;;/t10-,11-;;;/m1.../s1. The van der Waals surface area contributed by atoms with E-state index in [1.165, 1.54) is 23.4 Å². The maximum Gasteiger partial charge on any atom is 0 e. The Hall–Kier alpha value is -0.208. The molecule has 1 aromatic rings. The van der Waals surface area contributed by atoms with Crippen LogP contribution < -0.4 is 0 Å². The van der Waals surface area contributed by atoms with E-state index in [-0.39, 0.29) is 32.7 Å². The van der Waals surface area contributed by atoms with E-state index in [1.807, 2.05) is 48.9 Å². The monoisotopic (exact) mass is 538 g/mol. The second-order valence-corrected chi connectivity index (χ2v) is 6.41. The molecule has 0 saturated carbocycles. The van der Waals surface area contributed by atoms with E-state index in [0.29, 0.717) is 12.1 Å². The molecule has 2 saturated heterocycles. The molecule has 2 aliphatic rings. The first kappa shape index (κ1) is 19.8. The minimum Gasteiger partial charge on any atom is -0.184 e. The van der Waals surface area contributed by atoms with Crippen LogP contribution in [0.1, 0.15) is 6.42 Å². The number of nitrogens with zero attached hydrogens (tertiary/aromatic N) is 2. The van der Waals surface area contributed by atoms with E-state index in [9.17, 15) is 4.79 Å². The second kappa shape index (κ2) is 10.5. The molecule has 0 N–H and O–H groups in total. The minimum atomic E-state index is 0. The first-order valence-corrected chi connectivity index (χ1v) is 8.30. The molecular formula is C17H17N2OWY-3. The first-order valence-electron chi connectivity index (χ1n) is 6.84. The van der Waals surface area contributed by atoms with Gasteiger partial charge in [-0.25, -0.2) is 0 Å². The number of fused-ring (bicyclic) bond motifs is 2. The van der Waals surface area contributed by atoms with Crippen LogP contribution in [0, 0.1) is 12.6 Å². The normalized spacial score (nSPS) is 22.6. The van der Waals surface area contributed by atoms with Gasteiger partial charge < -0.3 is 0 Å². The summed E-state index contributed by atoms with van der Waals surface area (Å²) in [5.74, 6) is 0. The fourth-order valence-electron chi connectivity index (χ4n) is 2.62. The number of rotatable bonds is 4. The van der Waals surface area contributed by atoms with Crippen LogP contribution in [0.3, 0.4) is 0 Å². The molecule has 0 aromatic heterocycles. The van der Waals surface area contributed by atoms with Crippen molar-refractivity contribution < 1.29 is 56.9 Å². The van der Waals surface area contributed by atoms with Crippen molar-refractivity contribution in [3.05, 3.63) is 61.2 Å². The zero-order valence-corrected chi connectivity index (χ0v) is 18.0. The number of carbonyl (C=O) groups excluding carboxylic acids is 1. The van der Waals surface area contributed by atoms with Crippen molar-refractivity contribution in [2.75, 3.05) is 13.1 Å². The molecule has 0 aliphatic carbocycles. The fourth-order valence-corrected chi connectivity index (χ4v) is 3.71. The van der Waals surface area contributed by atoms with Crippen LogP contribution in [0.5, 0.6) is 0 Å². The minimum absolute atomic E-state index is 0. The van der Waals surface area contributed by atoms with Crippen molar-refractivity contribution in [3.8, 4) is 0 Å². The Labute approximate surface area is 168 Å². The van der Waals surface area contributed by atoms with Gasteiger partial charge in [0.15, 0.2) is 0 Å². The van der Waals surface area contributed by atoms with Crippen LogP contribution in [-0.4, -0.2) is 45.4 Å². The van der Waals surface area contributed by atoms with Crippen molar-refractivity contribution in [3.63, 3.8) is 0 Å². The zero-order valence-electron chi connectivity index (χ0n) is 12.3. The third-order valence-electron chi connectivity index (χ3n) is 3.60. The number of piperazine rings is 1. The number of amides is 1. The molecule has 2 heterocycles. The number of likely N-dealkylation sites (tertiary alicyclic amines) is 2. The van der Waals surface area contributed by atoms with E-state index in [4.69, 9.17) is 6.58 Å². The number of benzene rings is 1. The summed E-state index contributed by atoms with van der Waals surface area (Å²) in [5, 5.41) is 0. The average molecular weight is 538 g/mol. The van der Waals surface area contributed by atoms with Gasteiger partial charge in [0.2, 0.25) is 0 Å². The summed E-state index contributed by atoms with van der Waals surface area (Å²) < 4.78 is 1.30. The second-order valence-electron chi connectivity index (χ2n) is 4.91. The molecule has 5 heteroatoms. The van der Waals surface area contributed by atoms with Gasteiger partial charge in [-0.1, -0.05) is 0 Å². The smallest absolute Gasteiger partial charge is 0 e. The SMILES string of the molecule is [CH-]=C/C=C\[C](=[W])N1C[C@H]2C[C@@H]1CN2[C-]=O.[Y].[c-]1ccccc1. The molecule has 22 heavy (non-hydrogen) atoms. The molecule has 1 aromatic carbocycles. The molecule has 0 spiro atoms. The maximum atomic E-state index is 10.6. The summed E-state index contributed by atoms with van der Waals surface area (Å²) in [7, 11) is 0. The number of allylic oxidation sites excluding steroid dienone is 2. The van der Waals surface area contributed by atoms with Gasteiger partial charge in [0.05, 0.1) is 0 Å². The van der Waals surface area contributed by atoms with Crippen LogP contribution in [0.2, 0.25) is 0 Å². The maximum absolute atomic E-state index is 10.6. The molecule has 3 nitrogen and oxygen atoms in total. The predicted molar refractivity (Wildman–Crippen MR) is 79.6 cm³/mol. The summed E-state index contributed by atoms with van der Waals surface area (Å²) in [6.07, 6.45) is 8.55. The summed E-state index contributed by atoms with van der Waals surface area (Å²) in [5.41, 5.74) is 0. The summed E-state index contributed by atoms with van der Waals surface area (Å²) in [6, 6.07) is 13.4. The van der Waals surface area contributed by atoms with Gasteiger partial charge in [-0.15, -0.1) is 0 Å². The molecule has 1 amide bonds. The Morgan fingerprint density at radius 2 is 2.00 bits per heavy atom. The number of hydrogen-bond donors (Lipinski definition) is 0. The van der Waals surface area contributed by atoms with Crippen molar-refractivity contribution in [2.45, 2.75) is 18.5 Å². The van der Waals surface area contributed by atoms with Gasteiger partial charge >= 0.3 is 101 Å². The van der Waals surface area contributed by atoms with Gasteiger partial charge in [-0.05, 0) is 0 Å². The Kier molecular flexibility index (Phi) is 9.51. The molecule has 113 valence electrons. The Morgan fingerprint density at radius 1 is 1.27 bits per heavy atom. The molecule has 2 aliphatic heterocycles. The van der Waals surface area contributed by atoms with E-state index in [0.717, 1.165) is 19.5 Å². The van der Waals surface area contributed by atoms with E-state index < -0.39 is 0 Å². The fraction of sp³-hybridized carbons (Fsp3) is 0.294. The molecule has 1 radical (unpaired) electrons. The van der Waals surface area contributed by atoms with Crippen LogP contribution in [0.25, 0.3) is 0 Å². The third kappa shape index (κ3) is 5.46. The zero-order chi connectivity index (χ0) is 15.1. The first-order chi connectivity index (χ1) is 10.3. The van der Waals surface area contributed by atoms with Crippen LogP contribution >= 0.6 is 0 Å². The molecule has 2 bridgehead atoms. The largest absolute Gasteiger partial charge is 0.184 e. The average Bonchev–Trinajstić information content (AvgIpc) is 3.15. The third-order valence-corrected chi connectivity index (χ3v) is 4.93. The number of hydrogen-bond acceptors (Lipinski definition) is 2.